The average molecular weight is 359 g/mol. The minimum absolute atomic E-state index is 0.198. The van der Waals surface area contributed by atoms with E-state index in [1.54, 1.807) is 36.6 Å². The fraction of sp³-hybridized carbons (Fsp3) is 0.105. The number of hydrogen-bond donors (Lipinski definition) is 1. The molecule has 2 aromatic carbocycles. The Kier molecular flexibility index (Phi) is 5.50. The largest absolute Gasteiger partial charge is 0.467 e. The van der Waals surface area contributed by atoms with Gasteiger partial charge in [0.15, 0.2) is 11.6 Å². The number of amides is 1. The third kappa shape index (κ3) is 4.70. The van der Waals surface area contributed by atoms with Crippen molar-refractivity contribution in [1.29, 1.82) is 0 Å². The number of halogens is 2. The predicted molar refractivity (Wildman–Crippen MR) is 92.2 cm³/mol. The number of carbonyl (C=O) groups is 1. The first-order valence-corrected chi connectivity index (χ1v) is 8.58. The number of hydrogen-bond acceptors (Lipinski definition) is 3. The Morgan fingerprint density at radius 3 is 2.68 bits per heavy atom. The van der Waals surface area contributed by atoms with Crippen LogP contribution in [0.4, 0.5) is 8.78 Å². The second kappa shape index (κ2) is 7.98. The number of benzene rings is 2. The van der Waals surface area contributed by atoms with Crippen molar-refractivity contribution in [3.8, 4) is 0 Å². The molecule has 0 aliphatic heterocycles. The van der Waals surface area contributed by atoms with E-state index in [0.29, 0.717) is 28.5 Å². The van der Waals surface area contributed by atoms with Crippen LogP contribution in [0.5, 0.6) is 0 Å². The number of carbonyl (C=O) groups excluding carboxylic acids is 1. The van der Waals surface area contributed by atoms with Crippen LogP contribution < -0.4 is 5.32 Å². The molecule has 0 spiro atoms. The van der Waals surface area contributed by atoms with E-state index in [4.69, 9.17) is 4.42 Å². The van der Waals surface area contributed by atoms with E-state index in [2.05, 4.69) is 5.32 Å². The van der Waals surface area contributed by atoms with Gasteiger partial charge in [0, 0.05) is 16.2 Å². The lowest BCUT2D eigenvalue weighted by Crippen LogP contribution is -2.22. The van der Waals surface area contributed by atoms with Gasteiger partial charge < -0.3 is 9.73 Å². The number of thioether (sulfide) groups is 1. The summed E-state index contributed by atoms with van der Waals surface area (Å²) in [6.07, 6.45) is 1.55. The molecule has 3 aromatic rings. The third-order valence-electron chi connectivity index (χ3n) is 3.49. The molecule has 3 rings (SSSR count). The summed E-state index contributed by atoms with van der Waals surface area (Å²) in [6, 6.07) is 14.5. The van der Waals surface area contributed by atoms with Gasteiger partial charge in [0.2, 0.25) is 0 Å². The van der Waals surface area contributed by atoms with Crippen LogP contribution in [0, 0.1) is 11.6 Å². The highest BCUT2D eigenvalue weighted by atomic mass is 32.2. The van der Waals surface area contributed by atoms with Gasteiger partial charge in [-0.05, 0) is 48.0 Å². The fourth-order valence-corrected chi connectivity index (χ4v) is 3.08. The smallest absolute Gasteiger partial charge is 0.251 e. The number of nitrogens with one attached hydrogen (secondary N) is 1. The summed E-state index contributed by atoms with van der Waals surface area (Å²) in [5.74, 6) is -0.699. The maximum Gasteiger partial charge on any atom is 0.251 e. The van der Waals surface area contributed by atoms with Gasteiger partial charge in [-0.2, -0.15) is 0 Å². The molecule has 128 valence electrons. The molecule has 0 aliphatic rings. The average Bonchev–Trinajstić information content (AvgIpc) is 3.14. The van der Waals surface area contributed by atoms with Gasteiger partial charge in [-0.3, -0.25) is 4.79 Å². The summed E-state index contributed by atoms with van der Waals surface area (Å²) in [6.45, 7) is 0.319. The molecule has 0 saturated carbocycles. The van der Waals surface area contributed by atoms with Crippen molar-refractivity contribution in [2.45, 2.75) is 17.2 Å². The van der Waals surface area contributed by atoms with Crippen LogP contribution in [0.1, 0.15) is 21.7 Å². The molecular weight excluding hydrogens is 344 g/mol. The SMILES string of the molecule is O=C(NCc1ccco1)c1cccc(CSc2ccc(F)c(F)c2)c1. The topological polar surface area (TPSA) is 42.2 Å². The molecule has 1 aromatic heterocycles. The van der Waals surface area contributed by atoms with Crippen molar-refractivity contribution in [2.24, 2.45) is 0 Å². The van der Waals surface area contributed by atoms with Crippen molar-refractivity contribution in [3.63, 3.8) is 0 Å². The lowest BCUT2D eigenvalue weighted by molar-refractivity contribution is 0.0948. The highest BCUT2D eigenvalue weighted by Crippen LogP contribution is 2.24. The van der Waals surface area contributed by atoms with Gasteiger partial charge in [0.25, 0.3) is 5.91 Å². The fourth-order valence-electron chi connectivity index (χ4n) is 2.22. The van der Waals surface area contributed by atoms with Crippen LogP contribution in [0.3, 0.4) is 0 Å². The van der Waals surface area contributed by atoms with Gasteiger partial charge in [-0.15, -0.1) is 11.8 Å². The highest BCUT2D eigenvalue weighted by Gasteiger charge is 2.08. The highest BCUT2D eigenvalue weighted by molar-refractivity contribution is 7.98. The maximum atomic E-state index is 13.2. The lowest BCUT2D eigenvalue weighted by Gasteiger charge is -2.07. The molecule has 0 fully saturated rings. The molecule has 0 radical (unpaired) electrons. The van der Waals surface area contributed by atoms with Crippen molar-refractivity contribution in [2.75, 3.05) is 0 Å². The first-order chi connectivity index (χ1) is 12.1. The molecule has 25 heavy (non-hydrogen) atoms. The molecular formula is C19H15F2NO2S. The Morgan fingerprint density at radius 1 is 1.04 bits per heavy atom. The molecule has 6 heteroatoms. The van der Waals surface area contributed by atoms with Gasteiger partial charge in [0.05, 0.1) is 12.8 Å². The van der Waals surface area contributed by atoms with Crippen molar-refractivity contribution in [3.05, 3.63) is 89.4 Å². The second-order valence-corrected chi connectivity index (χ2v) is 6.38. The van der Waals surface area contributed by atoms with Crippen LogP contribution in [-0.2, 0) is 12.3 Å². The number of furan rings is 1. The van der Waals surface area contributed by atoms with E-state index >= 15 is 0 Å². The van der Waals surface area contributed by atoms with E-state index in [9.17, 15) is 13.6 Å². The zero-order chi connectivity index (χ0) is 17.6. The van der Waals surface area contributed by atoms with Crippen LogP contribution in [0.2, 0.25) is 0 Å². The Labute approximate surface area is 148 Å². The summed E-state index contributed by atoms with van der Waals surface area (Å²) in [4.78, 5) is 12.8. The van der Waals surface area contributed by atoms with Gasteiger partial charge >= 0.3 is 0 Å². The molecule has 0 saturated heterocycles. The van der Waals surface area contributed by atoms with Crippen LogP contribution in [0.15, 0.2) is 70.2 Å². The van der Waals surface area contributed by atoms with Crippen molar-refractivity contribution in [1.82, 2.24) is 5.32 Å². The van der Waals surface area contributed by atoms with Crippen molar-refractivity contribution < 1.29 is 18.0 Å². The molecule has 0 unspecified atom stereocenters. The Morgan fingerprint density at radius 2 is 1.92 bits per heavy atom. The van der Waals surface area contributed by atoms with E-state index in [-0.39, 0.29) is 5.91 Å². The second-order valence-electron chi connectivity index (χ2n) is 5.33. The standard InChI is InChI=1S/C19H15F2NO2S/c20-17-7-6-16(10-18(17)21)25-12-13-3-1-4-14(9-13)19(23)22-11-15-5-2-8-24-15/h1-10H,11-12H2,(H,22,23). The summed E-state index contributed by atoms with van der Waals surface area (Å²) < 4.78 is 31.3. The first kappa shape index (κ1) is 17.2. The first-order valence-electron chi connectivity index (χ1n) is 7.59. The monoisotopic (exact) mass is 359 g/mol. The molecule has 0 aliphatic carbocycles. The zero-order valence-electron chi connectivity index (χ0n) is 13.2. The van der Waals surface area contributed by atoms with Gasteiger partial charge in [0.1, 0.15) is 5.76 Å². The summed E-state index contributed by atoms with van der Waals surface area (Å²) in [5, 5.41) is 2.79. The molecule has 0 bridgehead atoms. The zero-order valence-corrected chi connectivity index (χ0v) is 14.0. The molecule has 3 nitrogen and oxygen atoms in total. The Balaban J connectivity index is 1.60. The Bertz CT molecular complexity index is 866. The van der Waals surface area contributed by atoms with Crippen LogP contribution in [-0.4, -0.2) is 5.91 Å². The van der Waals surface area contributed by atoms with Gasteiger partial charge in [-0.25, -0.2) is 8.78 Å². The van der Waals surface area contributed by atoms with Crippen LogP contribution in [0.25, 0.3) is 0 Å². The summed E-state index contributed by atoms with van der Waals surface area (Å²) in [5.41, 5.74) is 1.45. The van der Waals surface area contributed by atoms with E-state index in [1.807, 2.05) is 6.07 Å². The minimum Gasteiger partial charge on any atom is -0.467 e. The quantitative estimate of drug-likeness (QED) is 0.644. The molecule has 1 amide bonds. The predicted octanol–water partition coefficient (Wildman–Crippen LogP) is 4.78. The lowest BCUT2D eigenvalue weighted by atomic mass is 10.1. The van der Waals surface area contributed by atoms with Crippen molar-refractivity contribution >= 4 is 17.7 Å². The normalized spacial score (nSPS) is 10.6. The Hall–Kier alpha value is -2.60. The summed E-state index contributed by atoms with van der Waals surface area (Å²) in [7, 11) is 0. The molecule has 0 atom stereocenters. The van der Waals surface area contributed by atoms with E-state index < -0.39 is 11.6 Å². The molecule has 1 N–H and O–H groups in total. The maximum absolute atomic E-state index is 13.2. The van der Waals surface area contributed by atoms with Crippen LogP contribution >= 0.6 is 11.8 Å². The van der Waals surface area contributed by atoms with Gasteiger partial charge in [-0.1, -0.05) is 12.1 Å². The minimum atomic E-state index is -0.865. The number of rotatable bonds is 6. The summed E-state index contributed by atoms with van der Waals surface area (Å²) >= 11 is 1.37. The third-order valence-corrected chi connectivity index (χ3v) is 4.55. The van der Waals surface area contributed by atoms with E-state index in [1.165, 1.54) is 23.9 Å². The molecule has 1 heterocycles. The van der Waals surface area contributed by atoms with E-state index in [0.717, 1.165) is 11.6 Å².